The van der Waals surface area contributed by atoms with Crippen molar-refractivity contribution in [3.05, 3.63) is 253 Å². The van der Waals surface area contributed by atoms with Crippen LogP contribution in [-0.2, 0) is 5.41 Å². The Labute approximate surface area is 360 Å². The number of para-hydroxylation sites is 1. The van der Waals surface area contributed by atoms with Crippen LogP contribution in [0.1, 0.15) is 22.3 Å². The van der Waals surface area contributed by atoms with Crippen molar-refractivity contribution in [2.45, 2.75) is 5.41 Å². The normalized spacial score (nSPS) is 12.6. The van der Waals surface area contributed by atoms with Gasteiger partial charge in [-0.15, -0.1) is 0 Å². The minimum Gasteiger partial charge on any atom is -0.456 e. The lowest BCUT2D eigenvalue weighted by Crippen LogP contribution is -2.28. The van der Waals surface area contributed by atoms with Crippen LogP contribution in [0.25, 0.3) is 89.2 Å². The summed E-state index contributed by atoms with van der Waals surface area (Å²) >= 11 is 0. The molecule has 1 aliphatic carbocycles. The Morgan fingerprint density at radius 2 is 0.855 bits per heavy atom. The fraction of sp³-hybridized carbons (Fsp3) is 0.0169. The highest BCUT2D eigenvalue weighted by atomic mass is 16.3. The molecule has 0 spiro atoms. The molecule has 0 radical (unpaired) electrons. The van der Waals surface area contributed by atoms with Crippen LogP contribution in [-0.4, -0.2) is 9.97 Å². The number of fused-ring (bicyclic) bond motifs is 6. The van der Waals surface area contributed by atoms with E-state index in [0.29, 0.717) is 5.82 Å². The van der Waals surface area contributed by atoms with Crippen LogP contribution in [0.4, 0.5) is 0 Å². The standard InChI is InChI=1S/C59H38N2O/c1-5-17-39(18-6-1)46-32-29-41(42-31-34-57-51(36-42)49-26-14-16-28-56(49)62-57)35-50(46)55-38-54(60-58(61-55)40-19-7-2-8-20-40)43-30-33-48-47-25-13-15-27-52(47)59(53(48)37-43,44-21-9-3-10-22-44)45-23-11-4-12-24-45/h1-38H. The van der Waals surface area contributed by atoms with Crippen LogP contribution in [0.2, 0.25) is 0 Å². The van der Waals surface area contributed by atoms with Crippen LogP contribution in [0.15, 0.2) is 235 Å². The van der Waals surface area contributed by atoms with Gasteiger partial charge in [-0.1, -0.05) is 194 Å². The first-order valence-electron chi connectivity index (χ1n) is 21.1. The molecular formula is C59H38N2O. The van der Waals surface area contributed by atoms with E-state index >= 15 is 0 Å². The minimum absolute atomic E-state index is 0.529. The molecule has 0 saturated heterocycles. The van der Waals surface area contributed by atoms with E-state index in [1.165, 1.54) is 33.4 Å². The summed E-state index contributed by atoms with van der Waals surface area (Å²) in [6.45, 7) is 0. The summed E-state index contributed by atoms with van der Waals surface area (Å²) in [7, 11) is 0. The van der Waals surface area contributed by atoms with Gasteiger partial charge in [-0.3, -0.25) is 0 Å². The molecule has 3 heteroatoms. The first kappa shape index (κ1) is 35.8. The lowest BCUT2D eigenvalue weighted by Gasteiger charge is -2.34. The van der Waals surface area contributed by atoms with E-state index in [4.69, 9.17) is 14.4 Å². The van der Waals surface area contributed by atoms with Crippen molar-refractivity contribution < 1.29 is 4.42 Å². The van der Waals surface area contributed by atoms with Gasteiger partial charge in [0.1, 0.15) is 11.2 Å². The minimum atomic E-state index is -0.529. The molecule has 3 nitrogen and oxygen atoms in total. The molecule has 1 aliphatic rings. The monoisotopic (exact) mass is 790 g/mol. The van der Waals surface area contributed by atoms with E-state index in [1.807, 2.05) is 18.2 Å². The summed E-state index contributed by atoms with van der Waals surface area (Å²) in [5.74, 6) is 0.676. The average Bonchev–Trinajstić information content (AvgIpc) is 3.88. The first-order chi connectivity index (χ1) is 30.7. The van der Waals surface area contributed by atoms with Gasteiger partial charge in [0.25, 0.3) is 0 Å². The van der Waals surface area contributed by atoms with Gasteiger partial charge in [-0.05, 0) is 92.0 Å². The van der Waals surface area contributed by atoms with Crippen molar-refractivity contribution in [2.24, 2.45) is 0 Å². The molecular weight excluding hydrogens is 753 g/mol. The van der Waals surface area contributed by atoms with Gasteiger partial charge < -0.3 is 4.42 Å². The second kappa shape index (κ2) is 14.5. The lowest BCUT2D eigenvalue weighted by molar-refractivity contribution is 0.669. The SMILES string of the molecule is c1ccc(-c2nc(-c3ccc4c(c3)C(c3ccccc3)(c3ccccc3)c3ccccc3-4)cc(-c3cc(-c4ccc5oc6ccccc6c5c4)ccc3-c3ccccc3)n2)cc1. The first-order valence-corrected chi connectivity index (χ1v) is 21.1. The van der Waals surface area contributed by atoms with Crippen molar-refractivity contribution >= 4 is 21.9 Å². The maximum absolute atomic E-state index is 6.22. The number of benzene rings is 9. The number of nitrogens with zero attached hydrogens (tertiary/aromatic N) is 2. The smallest absolute Gasteiger partial charge is 0.160 e. The third-order valence-electron chi connectivity index (χ3n) is 12.6. The van der Waals surface area contributed by atoms with E-state index in [2.05, 4.69) is 212 Å². The molecule has 0 amide bonds. The van der Waals surface area contributed by atoms with Crippen LogP contribution in [0, 0.1) is 0 Å². The van der Waals surface area contributed by atoms with Gasteiger partial charge in [-0.2, -0.15) is 0 Å². The zero-order valence-corrected chi connectivity index (χ0v) is 33.7. The zero-order valence-electron chi connectivity index (χ0n) is 33.7. The summed E-state index contributed by atoms with van der Waals surface area (Å²) < 4.78 is 6.22. The largest absolute Gasteiger partial charge is 0.456 e. The van der Waals surface area contributed by atoms with Crippen LogP contribution < -0.4 is 0 Å². The molecule has 290 valence electrons. The summed E-state index contributed by atoms with van der Waals surface area (Å²) in [5.41, 5.74) is 17.9. The van der Waals surface area contributed by atoms with Crippen LogP contribution in [0.3, 0.4) is 0 Å². The maximum atomic E-state index is 6.22. The van der Waals surface area contributed by atoms with Gasteiger partial charge in [0.2, 0.25) is 0 Å². The highest BCUT2D eigenvalue weighted by Crippen LogP contribution is 2.56. The maximum Gasteiger partial charge on any atom is 0.160 e. The van der Waals surface area contributed by atoms with E-state index in [1.54, 1.807) is 0 Å². The van der Waals surface area contributed by atoms with E-state index in [-0.39, 0.29) is 0 Å². The topological polar surface area (TPSA) is 38.9 Å². The second-order valence-electron chi connectivity index (χ2n) is 16.1. The quantitative estimate of drug-likeness (QED) is 0.161. The zero-order chi connectivity index (χ0) is 41.0. The third kappa shape index (κ3) is 5.74. The van der Waals surface area contributed by atoms with Crippen molar-refractivity contribution in [3.63, 3.8) is 0 Å². The average molecular weight is 791 g/mol. The highest BCUT2D eigenvalue weighted by molar-refractivity contribution is 6.06. The molecule has 0 aliphatic heterocycles. The highest BCUT2D eigenvalue weighted by Gasteiger charge is 2.46. The Balaban J connectivity index is 1.09. The second-order valence-corrected chi connectivity index (χ2v) is 16.1. The number of rotatable bonds is 7. The number of hydrogen-bond acceptors (Lipinski definition) is 3. The Kier molecular flexibility index (Phi) is 8.39. The van der Waals surface area contributed by atoms with Crippen LogP contribution in [0.5, 0.6) is 0 Å². The molecule has 62 heavy (non-hydrogen) atoms. The number of furan rings is 1. The van der Waals surface area contributed by atoms with Gasteiger partial charge >= 0.3 is 0 Å². The van der Waals surface area contributed by atoms with Crippen molar-refractivity contribution in [1.29, 1.82) is 0 Å². The van der Waals surface area contributed by atoms with Gasteiger partial charge in [0.05, 0.1) is 16.8 Å². The van der Waals surface area contributed by atoms with Gasteiger partial charge in [0, 0.05) is 27.5 Å². The predicted molar refractivity (Wildman–Crippen MR) is 254 cm³/mol. The van der Waals surface area contributed by atoms with Crippen molar-refractivity contribution in [1.82, 2.24) is 9.97 Å². The van der Waals surface area contributed by atoms with Gasteiger partial charge in [0.15, 0.2) is 5.82 Å². The van der Waals surface area contributed by atoms with Crippen molar-refractivity contribution in [2.75, 3.05) is 0 Å². The van der Waals surface area contributed by atoms with Crippen LogP contribution >= 0.6 is 0 Å². The van der Waals surface area contributed by atoms with E-state index in [0.717, 1.165) is 72.3 Å². The molecule has 9 aromatic carbocycles. The molecule has 0 atom stereocenters. The fourth-order valence-corrected chi connectivity index (χ4v) is 9.76. The Bertz CT molecular complexity index is 3410. The van der Waals surface area contributed by atoms with E-state index in [9.17, 15) is 0 Å². The molecule has 0 N–H and O–H groups in total. The number of aromatic nitrogens is 2. The Morgan fingerprint density at radius 1 is 0.306 bits per heavy atom. The summed E-state index contributed by atoms with van der Waals surface area (Å²) in [5, 5.41) is 2.21. The molecule has 0 unspecified atom stereocenters. The fourth-order valence-electron chi connectivity index (χ4n) is 9.76. The lowest BCUT2D eigenvalue weighted by atomic mass is 9.67. The summed E-state index contributed by atoms with van der Waals surface area (Å²) in [4.78, 5) is 10.8. The summed E-state index contributed by atoms with van der Waals surface area (Å²) in [6, 6.07) is 82.3. The third-order valence-corrected chi connectivity index (χ3v) is 12.6. The summed E-state index contributed by atoms with van der Waals surface area (Å²) in [6.07, 6.45) is 0. The number of hydrogen-bond donors (Lipinski definition) is 0. The molecule has 11 aromatic rings. The van der Waals surface area contributed by atoms with Gasteiger partial charge in [-0.25, -0.2) is 9.97 Å². The van der Waals surface area contributed by atoms with Crippen molar-refractivity contribution in [3.8, 4) is 67.3 Å². The Morgan fingerprint density at radius 3 is 1.61 bits per heavy atom. The molecule has 0 saturated carbocycles. The molecule has 0 bridgehead atoms. The molecule has 0 fully saturated rings. The Hall–Kier alpha value is -8.14. The predicted octanol–water partition coefficient (Wildman–Crippen LogP) is 15.1. The van der Waals surface area contributed by atoms with E-state index < -0.39 is 5.41 Å². The molecule has 12 rings (SSSR count). The molecule has 2 heterocycles. The molecule has 2 aromatic heterocycles.